The molecule has 2 aromatic carbocycles. The second-order valence-corrected chi connectivity index (χ2v) is 14.2. The summed E-state index contributed by atoms with van der Waals surface area (Å²) in [6, 6.07) is 16.2. The standard InChI is InChI=1S/C41H43ClN6O4/c1-25-17-32(23-48-15-11-31(22-48)41(50)51)36(52-3)19-29(25)8-7-28-9-13-43-39(37(28)42)34-5-4-6-35(26(34)2)46-40-38-30(10-14-44-40)18-27(20-45-38)21-47-16-12-33(49)24-47/h4-10,13-14,17-20,31,33,49H,11-12,15-16,21-24H2,1-3H3,(H,44,46)(H,50,51)/b8-7+/t31-,33-/m1/s1. The van der Waals surface area contributed by atoms with Gasteiger partial charge in [-0.05, 0) is 91.4 Å². The lowest BCUT2D eigenvalue weighted by Gasteiger charge is -2.19. The van der Waals surface area contributed by atoms with E-state index in [9.17, 15) is 15.0 Å². The molecule has 2 saturated heterocycles. The van der Waals surface area contributed by atoms with Gasteiger partial charge < -0.3 is 20.3 Å². The van der Waals surface area contributed by atoms with Gasteiger partial charge in [-0.2, -0.15) is 0 Å². The molecule has 0 aliphatic carbocycles. The third-order valence-corrected chi connectivity index (χ3v) is 10.6. The molecule has 3 aromatic heterocycles. The van der Waals surface area contributed by atoms with Crippen LogP contribution in [0.2, 0.25) is 5.02 Å². The number of hydrogen-bond acceptors (Lipinski definition) is 9. The third-order valence-electron chi connectivity index (χ3n) is 10.2. The number of carbonyl (C=O) groups is 1. The number of aliphatic hydroxyl groups is 1. The predicted molar refractivity (Wildman–Crippen MR) is 206 cm³/mol. The van der Waals surface area contributed by atoms with Crippen LogP contribution in [0.15, 0.2) is 67.1 Å². The summed E-state index contributed by atoms with van der Waals surface area (Å²) in [4.78, 5) is 30.0. The number of halogens is 1. The number of likely N-dealkylation sites (tertiary alicyclic amines) is 2. The summed E-state index contributed by atoms with van der Waals surface area (Å²) in [5.74, 6) is 0.384. The van der Waals surface area contributed by atoms with Crippen LogP contribution in [-0.4, -0.2) is 80.3 Å². The molecule has 11 heteroatoms. The fraction of sp³-hybridized carbons (Fsp3) is 0.317. The SMILES string of the molecule is COc1cc(/C=C/c2ccnc(-c3cccc(Nc4nccc5cc(CN6CC[C@@H](O)C6)cnc45)c3C)c2Cl)c(C)cc1CN1CC[C@@H](C(=O)O)C1. The van der Waals surface area contributed by atoms with Crippen LogP contribution in [-0.2, 0) is 17.9 Å². The van der Waals surface area contributed by atoms with Gasteiger partial charge in [-0.1, -0.05) is 42.0 Å². The molecular formula is C41H43ClN6O4. The highest BCUT2D eigenvalue weighted by molar-refractivity contribution is 6.34. The minimum Gasteiger partial charge on any atom is -0.496 e. The number of anilines is 2. The molecule has 0 unspecified atom stereocenters. The zero-order chi connectivity index (χ0) is 36.4. The molecule has 0 spiro atoms. The second kappa shape index (κ2) is 15.4. The number of rotatable bonds is 11. The molecule has 10 nitrogen and oxygen atoms in total. The van der Waals surface area contributed by atoms with Gasteiger partial charge in [0.2, 0.25) is 0 Å². The maximum Gasteiger partial charge on any atom is 0.307 e. The zero-order valence-corrected chi connectivity index (χ0v) is 30.4. The quantitative estimate of drug-likeness (QED) is 0.128. The Balaban J connectivity index is 1.10. The van der Waals surface area contributed by atoms with Crippen molar-refractivity contribution in [2.75, 3.05) is 38.6 Å². The highest BCUT2D eigenvalue weighted by Gasteiger charge is 2.28. The molecule has 2 aliphatic rings. The van der Waals surface area contributed by atoms with Crippen molar-refractivity contribution in [1.82, 2.24) is 24.8 Å². The van der Waals surface area contributed by atoms with Crippen LogP contribution in [0.4, 0.5) is 11.5 Å². The number of aromatic nitrogens is 3. The molecule has 5 heterocycles. The van der Waals surface area contributed by atoms with E-state index in [1.807, 2.05) is 61.7 Å². The van der Waals surface area contributed by atoms with Gasteiger partial charge in [-0.25, -0.2) is 4.98 Å². The van der Waals surface area contributed by atoms with Gasteiger partial charge in [0.15, 0.2) is 5.82 Å². The van der Waals surface area contributed by atoms with E-state index < -0.39 is 5.97 Å². The van der Waals surface area contributed by atoms with Crippen LogP contribution in [0.5, 0.6) is 5.75 Å². The molecule has 268 valence electrons. The fourth-order valence-electron chi connectivity index (χ4n) is 7.28. The lowest BCUT2D eigenvalue weighted by atomic mass is 10.00. The number of carboxylic acids is 1. The van der Waals surface area contributed by atoms with Crippen molar-refractivity contribution >= 4 is 52.1 Å². The minimum absolute atomic E-state index is 0.252. The van der Waals surface area contributed by atoms with Gasteiger partial charge in [-0.15, -0.1) is 0 Å². The summed E-state index contributed by atoms with van der Waals surface area (Å²) in [5.41, 5.74) is 9.28. The average Bonchev–Trinajstić information content (AvgIpc) is 3.78. The largest absolute Gasteiger partial charge is 0.496 e. The van der Waals surface area contributed by atoms with Crippen molar-refractivity contribution in [3.63, 3.8) is 0 Å². The van der Waals surface area contributed by atoms with Crippen molar-refractivity contribution in [3.8, 4) is 17.0 Å². The minimum atomic E-state index is -0.731. The molecular weight excluding hydrogens is 676 g/mol. The van der Waals surface area contributed by atoms with E-state index >= 15 is 0 Å². The van der Waals surface area contributed by atoms with Crippen LogP contribution < -0.4 is 10.1 Å². The Hall–Kier alpha value is -4.87. The van der Waals surface area contributed by atoms with Crippen LogP contribution in [0.25, 0.3) is 34.3 Å². The van der Waals surface area contributed by atoms with E-state index in [0.29, 0.717) is 42.6 Å². The number of carboxylic acid groups (broad SMARTS) is 1. The van der Waals surface area contributed by atoms with E-state index in [1.165, 1.54) is 0 Å². The number of aliphatic hydroxyl groups excluding tert-OH is 1. The molecule has 0 amide bonds. The van der Waals surface area contributed by atoms with Crippen LogP contribution >= 0.6 is 11.6 Å². The summed E-state index contributed by atoms with van der Waals surface area (Å²) in [5, 5.41) is 24.4. The van der Waals surface area contributed by atoms with Crippen LogP contribution in [0.1, 0.15) is 46.2 Å². The Bertz CT molecular complexity index is 2160. The first-order chi connectivity index (χ1) is 25.2. The third kappa shape index (κ3) is 7.66. The summed E-state index contributed by atoms with van der Waals surface area (Å²) >= 11 is 7.06. The second-order valence-electron chi connectivity index (χ2n) is 13.8. The first-order valence-electron chi connectivity index (χ1n) is 17.6. The van der Waals surface area contributed by atoms with Crippen molar-refractivity contribution in [2.24, 2.45) is 5.92 Å². The molecule has 0 saturated carbocycles. The average molecular weight is 719 g/mol. The number of aliphatic carboxylic acids is 1. The summed E-state index contributed by atoms with van der Waals surface area (Å²) < 4.78 is 5.76. The molecule has 3 N–H and O–H groups in total. The number of β-amino-alcohol motifs (C(OH)–C–C–N with tert-alkyl or cyclic N) is 1. The molecule has 0 radical (unpaired) electrons. The van der Waals surface area contributed by atoms with E-state index in [2.05, 4.69) is 39.2 Å². The Morgan fingerprint density at radius 3 is 2.54 bits per heavy atom. The van der Waals surface area contributed by atoms with Crippen LogP contribution in [0, 0.1) is 19.8 Å². The first-order valence-corrected chi connectivity index (χ1v) is 18.0. The predicted octanol–water partition coefficient (Wildman–Crippen LogP) is 7.36. The number of methoxy groups -OCH3 is 1. The van der Waals surface area contributed by atoms with Gasteiger partial charge in [0.1, 0.15) is 11.3 Å². The van der Waals surface area contributed by atoms with Crippen LogP contribution in [0.3, 0.4) is 0 Å². The first kappa shape index (κ1) is 35.5. The monoisotopic (exact) mass is 718 g/mol. The normalized spacial score (nSPS) is 18.1. The molecule has 2 atom stereocenters. The maximum atomic E-state index is 11.4. The number of fused-ring (bicyclic) bond motifs is 1. The van der Waals surface area contributed by atoms with Crippen molar-refractivity contribution in [1.29, 1.82) is 0 Å². The Morgan fingerprint density at radius 2 is 1.77 bits per heavy atom. The Kier molecular flexibility index (Phi) is 10.5. The number of nitrogens with one attached hydrogen (secondary N) is 1. The van der Waals surface area contributed by atoms with Gasteiger partial charge in [0, 0.05) is 73.5 Å². The smallest absolute Gasteiger partial charge is 0.307 e. The topological polar surface area (TPSA) is 124 Å². The van der Waals surface area contributed by atoms with Gasteiger partial charge in [0.25, 0.3) is 0 Å². The van der Waals surface area contributed by atoms with Crippen molar-refractivity contribution in [2.45, 2.75) is 45.9 Å². The highest BCUT2D eigenvalue weighted by Crippen LogP contribution is 2.36. The molecule has 5 aromatic rings. The van der Waals surface area contributed by atoms with Gasteiger partial charge in [0.05, 0.1) is 29.8 Å². The lowest BCUT2D eigenvalue weighted by Crippen LogP contribution is -2.23. The summed E-state index contributed by atoms with van der Waals surface area (Å²) in [6.45, 7) is 8.39. The van der Waals surface area contributed by atoms with Gasteiger partial charge >= 0.3 is 5.97 Å². The van der Waals surface area contributed by atoms with E-state index in [-0.39, 0.29) is 12.0 Å². The summed E-state index contributed by atoms with van der Waals surface area (Å²) in [7, 11) is 1.66. The molecule has 52 heavy (non-hydrogen) atoms. The summed E-state index contributed by atoms with van der Waals surface area (Å²) in [6.07, 6.45) is 10.7. The lowest BCUT2D eigenvalue weighted by molar-refractivity contribution is -0.141. The molecule has 0 bridgehead atoms. The zero-order valence-electron chi connectivity index (χ0n) is 29.6. The number of hydrogen-bond donors (Lipinski definition) is 3. The highest BCUT2D eigenvalue weighted by atomic mass is 35.5. The van der Waals surface area contributed by atoms with E-state index in [1.54, 1.807) is 19.5 Å². The Labute approximate surface area is 308 Å². The number of aryl methyl sites for hydroxylation is 1. The van der Waals surface area contributed by atoms with Gasteiger partial charge in [-0.3, -0.25) is 24.6 Å². The molecule has 2 fully saturated rings. The Morgan fingerprint density at radius 1 is 0.981 bits per heavy atom. The molecule has 7 rings (SSSR count). The fourth-order valence-corrected chi connectivity index (χ4v) is 7.56. The number of pyridine rings is 3. The number of ether oxygens (including phenoxy) is 1. The van der Waals surface area contributed by atoms with E-state index in [0.717, 1.165) is 87.3 Å². The molecule has 2 aliphatic heterocycles. The van der Waals surface area contributed by atoms with E-state index in [4.69, 9.17) is 26.3 Å². The maximum absolute atomic E-state index is 11.4. The number of benzene rings is 2. The van der Waals surface area contributed by atoms with Crippen molar-refractivity contribution in [3.05, 3.63) is 106 Å². The van der Waals surface area contributed by atoms with Crippen molar-refractivity contribution < 1.29 is 19.7 Å². The number of nitrogens with zero attached hydrogens (tertiary/aromatic N) is 5.